The Labute approximate surface area is 137 Å². The van der Waals surface area contributed by atoms with E-state index in [9.17, 15) is 9.90 Å². The van der Waals surface area contributed by atoms with Gasteiger partial charge in [0.1, 0.15) is 0 Å². The van der Waals surface area contributed by atoms with E-state index >= 15 is 0 Å². The third-order valence-corrected chi connectivity index (χ3v) is 5.51. The number of thiophene rings is 1. The summed E-state index contributed by atoms with van der Waals surface area (Å²) in [5.74, 6) is -0.858. The molecule has 0 saturated carbocycles. The molecule has 1 aromatic heterocycles. The summed E-state index contributed by atoms with van der Waals surface area (Å²) >= 11 is 5.21. The van der Waals surface area contributed by atoms with Gasteiger partial charge >= 0.3 is 5.97 Å². The Morgan fingerprint density at radius 3 is 2.76 bits per heavy atom. The molecule has 0 saturated heterocycles. The monoisotopic (exact) mass is 367 g/mol. The molecule has 1 N–H and O–H groups in total. The molecule has 0 radical (unpaired) electrons. The molecule has 1 aromatic carbocycles. The molecule has 0 aliphatic rings. The van der Waals surface area contributed by atoms with Gasteiger partial charge in [-0.2, -0.15) is 0 Å². The van der Waals surface area contributed by atoms with Crippen LogP contribution in [-0.2, 0) is 6.42 Å². The third kappa shape index (κ3) is 4.15. The van der Waals surface area contributed by atoms with Crippen molar-refractivity contribution in [2.75, 3.05) is 13.6 Å². The van der Waals surface area contributed by atoms with Gasteiger partial charge in [0.15, 0.2) is 0 Å². The summed E-state index contributed by atoms with van der Waals surface area (Å²) < 4.78 is 1.11. The molecule has 0 aliphatic carbocycles. The fourth-order valence-corrected chi connectivity index (χ4v) is 3.77. The lowest BCUT2D eigenvalue weighted by Gasteiger charge is -2.24. The predicted octanol–water partition coefficient (Wildman–Crippen LogP) is 4.44. The Hall–Kier alpha value is -1.17. The van der Waals surface area contributed by atoms with Crippen molar-refractivity contribution in [3.05, 3.63) is 56.2 Å². The van der Waals surface area contributed by atoms with E-state index < -0.39 is 5.97 Å². The van der Waals surface area contributed by atoms with E-state index in [1.165, 1.54) is 4.88 Å². The topological polar surface area (TPSA) is 40.5 Å². The summed E-state index contributed by atoms with van der Waals surface area (Å²) in [5.41, 5.74) is 1.29. The summed E-state index contributed by atoms with van der Waals surface area (Å²) in [6.07, 6.45) is 0.732. The summed E-state index contributed by atoms with van der Waals surface area (Å²) in [6, 6.07) is 9.67. The van der Waals surface area contributed by atoms with Crippen LogP contribution >= 0.6 is 27.3 Å². The third-order valence-electron chi connectivity index (χ3n) is 3.64. The number of halogens is 1. The zero-order valence-electron chi connectivity index (χ0n) is 12.0. The first kappa shape index (κ1) is 16.2. The quantitative estimate of drug-likeness (QED) is 0.819. The van der Waals surface area contributed by atoms with Crippen LogP contribution in [-0.4, -0.2) is 29.6 Å². The first-order valence-corrected chi connectivity index (χ1v) is 8.41. The highest BCUT2D eigenvalue weighted by Gasteiger charge is 2.15. The molecule has 3 nitrogen and oxygen atoms in total. The van der Waals surface area contributed by atoms with Crippen LogP contribution < -0.4 is 0 Å². The van der Waals surface area contributed by atoms with Gasteiger partial charge in [0.25, 0.3) is 0 Å². The zero-order valence-corrected chi connectivity index (χ0v) is 14.4. The second kappa shape index (κ2) is 7.20. The molecule has 1 unspecified atom stereocenters. The largest absolute Gasteiger partial charge is 0.478 e. The molecule has 0 bridgehead atoms. The molecular formula is C16H18BrNO2S. The molecule has 2 aromatic rings. The molecule has 112 valence electrons. The number of rotatable bonds is 6. The average Bonchev–Trinajstić information content (AvgIpc) is 2.90. The van der Waals surface area contributed by atoms with Crippen molar-refractivity contribution >= 4 is 33.2 Å². The normalized spacial score (nSPS) is 12.6. The van der Waals surface area contributed by atoms with E-state index in [-0.39, 0.29) is 0 Å². The second-order valence-electron chi connectivity index (χ2n) is 5.04. The molecule has 0 spiro atoms. The molecule has 21 heavy (non-hydrogen) atoms. The second-order valence-corrected chi connectivity index (χ2v) is 6.89. The van der Waals surface area contributed by atoms with E-state index in [1.807, 2.05) is 12.1 Å². The van der Waals surface area contributed by atoms with Crippen molar-refractivity contribution in [1.29, 1.82) is 0 Å². The maximum Gasteiger partial charge on any atom is 0.335 e. The van der Waals surface area contributed by atoms with E-state index in [0.717, 1.165) is 23.0 Å². The van der Waals surface area contributed by atoms with Crippen molar-refractivity contribution in [1.82, 2.24) is 4.90 Å². The lowest BCUT2D eigenvalue weighted by molar-refractivity contribution is 0.0695. The average molecular weight is 368 g/mol. The molecule has 2 rings (SSSR count). The number of carbonyl (C=O) groups is 1. The minimum Gasteiger partial charge on any atom is -0.478 e. The van der Waals surface area contributed by atoms with Gasteiger partial charge in [-0.1, -0.05) is 18.2 Å². The van der Waals surface area contributed by atoms with Crippen LogP contribution in [0.25, 0.3) is 0 Å². The number of aromatic carboxylic acids is 1. The Morgan fingerprint density at radius 2 is 2.14 bits per heavy atom. The standard InChI is InChI=1S/C16H18BrNO2S/c1-11(15-9-13(17)10-21-15)18(2)8-7-12-5-3-4-6-14(12)16(19)20/h3-6,9-11H,7-8H2,1-2H3,(H,19,20). The summed E-state index contributed by atoms with van der Waals surface area (Å²) in [7, 11) is 2.07. The Morgan fingerprint density at radius 1 is 1.43 bits per heavy atom. The highest BCUT2D eigenvalue weighted by atomic mass is 79.9. The molecular weight excluding hydrogens is 350 g/mol. The van der Waals surface area contributed by atoms with E-state index in [2.05, 4.69) is 46.2 Å². The van der Waals surface area contributed by atoms with Crippen LogP contribution in [0.1, 0.15) is 33.8 Å². The van der Waals surface area contributed by atoms with Crippen molar-refractivity contribution in [2.45, 2.75) is 19.4 Å². The first-order valence-electron chi connectivity index (χ1n) is 6.74. The van der Waals surface area contributed by atoms with Crippen molar-refractivity contribution < 1.29 is 9.90 Å². The van der Waals surface area contributed by atoms with Gasteiger partial charge in [0.05, 0.1) is 5.56 Å². The van der Waals surface area contributed by atoms with Crippen LogP contribution in [0.2, 0.25) is 0 Å². The maximum absolute atomic E-state index is 11.2. The number of carboxylic acid groups (broad SMARTS) is 1. The molecule has 0 amide bonds. The van der Waals surface area contributed by atoms with Gasteiger partial charge < -0.3 is 5.11 Å². The lowest BCUT2D eigenvalue weighted by atomic mass is 10.0. The van der Waals surface area contributed by atoms with Gasteiger partial charge in [-0.15, -0.1) is 11.3 Å². The predicted molar refractivity (Wildman–Crippen MR) is 90.2 cm³/mol. The molecule has 1 atom stereocenters. The van der Waals surface area contributed by atoms with Gasteiger partial charge in [0, 0.05) is 27.3 Å². The zero-order chi connectivity index (χ0) is 15.4. The minimum atomic E-state index is -0.858. The van der Waals surface area contributed by atoms with E-state index in [0.29, 0.717) is 11.6 Å². The SMILES string of the molecule is CC(c1cc(Br)cs1)N(C)CCc1ccccc1C(=O)O. The van der Waals surface area contributed by atoms with Crippen LogP contribution in [0.4, 0.5) is 0 Å². The highest BCUT2D eigenvalue weighted by molar-refractivity contribution is 9.10. The van der Waals surface area contributed by atoms with E-state index in [4.69, 9.17) is 0 Å². The maximum atomic E-state index is 11.2. The Kier molecular flexibility index (Phi) is 5.56. The van der Waals surface area contributed by atoms with Crippen LogP contribution in [0.5, 0.6) is 0 Å². The fourth-order valence-electron chi connectivity index (χ4n) is 2.20. The first-order chi connectivity index (χ1) is 9.99. The number of hydrogen-bond acceptors (Lipinski definition) is 3. The Bertz CT molecular complexity index is 626. The molecule has 1 heterocycles. The number of likely N-dealkylation sites (N-methyl/N-ethyl adjacent to an activating group) is 1. The van der Waals surface area contributed by atoms with Gasteiger partial charge in [-0.3, -0.25) is 4.90 Å². The number of carboxylic acids is 1. The van der Waals surface area contributed by atoms with Crippen LogP contribution in [0.3, 0.4) is 0 Å². The van der Waals surface area contributed by atoms with Crippen molar-refractivity contribution in [2.24, 2.45) is 0 Å². The summed E-state index contributed by atoms with van der Waals surface area (Å²) in [4.78, 5) is 14.8. The fraction of sp³-hybridized carbons (Fsp3) is 0.312. The van der Waals surface area contributed by atoms with Crippen LogP contribution in [0.15, 0.2) is 40.2 Å². The minimum absolute atomic E-state index is 0.318. The van der Waals surface area contributed by atoms with E-state index in [1.54, 1.807) is 23.5 Å². The number of benzene rings is 1. The number of hydrogen-bond donors (Lipinski definition) is 1. The summed E-state index contributed by atoms with van der Waals surface area (Å²) in [6.45, 7) is 2.99. The van der Waals surface area contributed by atoms with Gasteiger partial charge in [0.2, 0.25) is 0 Å². The highest BCUT2D eigenvalue weighted by Crippen LogP contribution is 2.28. The lowest BCUT2D eigenvalue weighted by Crippen LogP contribution is -2.24. The molecule has 0 fully saturated rings. The number of nitrogens with zero attached hydrogens (tertiary/aromatic N) is 1. The molecule has 5 heteroatoms. The molecule has 0 aliphatic heterocycles. The van der Waals surface area contributed by atoms with Crippen LogP contribution in [0, 0.1) is 0 Å². The van der Waals surface area contributed by atoms with Gasteiger partial charge in [-0.05, 0) is 54.0 Å². The van der Waals surface area contributed by atoms with Crippen molar-refractivity contribution in [3.8, 4) is 0 Å². The van der Waals surface area contributed by atoms with Gasteiger partial charge in [-0.25, -0.2) is 4.79 Å². The smallest absolute Gasteiger partial charge is 0.335 e. The summed E-state index contributed by atoms with van der Waals surface area (Å²) in [5, 5.41) is 11.3. The van der Waals surface area contributed by atoms with Crippen molar-refractivity contribution in [3.63, 3.8) is 0 Å². The Balaban J connectivity index is 2.01.